The summed E-state index contributed by atoms with van der Waals surface area (Å²) in [6, 6.07) is -0.910. The summed E-state index contributed by atoms with van der Waals surface area (Å²) in [4.78, 5) is 0. The fourth-order valence-corrected chi connectivity index (χ4v) is 1.65. The van der Waals surface area contributed by atoms with Gasteiger partial charge < -0.3 is 10.5 Å². The second-order valence-corrected chi connectivity index (χ2v) is 5.46. The Bertz CT molecular complexity index is 266. The average Bonchev–Trinajstić information content (AvgIpc) is 2.11. The molecule has 0 aromatic heterocycles. The SMILES string of the molecule is CCC(N)C(OC(C(F)(F)F)C(F)(F)F)C(C)(C)C. The van der Waals surface area contributed by atoms with E-state index in [1.807, 2.05) is 0 Å². The maximum absolute atomic E-state index is 12.4. The Labute approximate surface area is 108 Å². The van der Waals surface area contributed by atoms with Crippen molar-refractivity contribution in [1.82, 2.24) is 0 Å². The van der Waals surface area contributed by atoms with Gasteiger partial charge in [-0.15, -0.1) is 0 Å². The van der Waals surface area contributed by atoms with Gasteiger partial charge in [0, 0.05) is 6.04 Å². The Morgan fingerprint density at radius 2 is 1.32 bits per heavy atom. The van der Waals surface area contributed by atoms with Crippen molar-refractivity contribution in [3.63, 3.8) is 0 Å². The lowest BCUT2D eigenvalue weighted by molar-refractivity contribution is -0.338. The molecule has 0 radical (unpaired) electrons. The Balaban J connectivity index is 5.29. The first-order valence-electron chi connectivity index (χ1n) is 5.75. The highest BCUT2D eigenvalue weighted by Crippen LogP contribution is 2.39. The van der Waals surface area contributed by atoms with E-state index in [0.717, 1.165) is 0 Å². The Morgan fingerprint density at radius 3 is 1.53 bits per heavy atom. The molecule has 19 heavy (non-hydrogen) atoms. The van der Waals surface area contributed by atoms with E-state index in [0.29, 0.717) is 0 Å². The summed E-state index contributed by atoms with van der Waals surface area (Å²) < 4.78 is 79.0. The molecule has 2 unspecified atom stereocenters. The smallest absolute Gasteiger partial charge is 0.355 e. The maximum Gasteiger partial charge on any atom is 0.423 e. The molecule has 0 rings (SSSR count). The van der Waals surface area contributed by atoms with Crippen LogP contribution in [0.5, 0.6) is 0 Å². The predicted molar refractivity (Wildman–Crippen MR) is 58.5 cm³/mol. The molecule has 0 spiro atoms. The topological polar surface area (TPSA) is 35.2 Å². The molecule has 0 fully saturated rings. The van der Waals surface area contributed by atoms with Crippen LogP contribution in [-0.4, -0.2) is 30.6 Å². The van der Waals surface area contributed by atoms with Gasteiger partial charge in [0.25, 0.3) is 0 Å². The van der Waals surface area contributed by atoms with Gasteiger partial charge in [-0.3, -0.25) is 0 Å². The molecule has 0 aliphatic heterocycles. The van der Waals surface area contributed by atoms with E-state index in [4.69, 9.17) is 5.73 Å². The summed E-state index contributed by atoms with van der Waals surface area (Å²) >= 11 is 0. The fourth-order valence-electron chi connectivity index (χ4n) is 1.65. The van der Waals surface area contributed by atoms with E-state index in [9.17, 15) is 26.3 Å². The molecular weight excluding hydrogens is 276 g/mol. The van der Waals surface area contributed by atoms with E-state index in [-0.39, 0.29) is 6.42 Å². The van der Waals surface area contributed by atoms with Crippen LogP contribution in [0.25, 0.3) is 0 Å². The zero-order chi connectivity index (χ0) is 15.6. The minimum atomic E-state index is -5.52. The van der Waals surface area contributed by atoms with Gasteiger partial charge >= 0.3 is 12.4 Å². The number of nitrogens with two attached hydrogens (primary N) is 1. The van der Waals surface area contributed by atoms with Crippen LogP contribution in [0.3, 0.4) is 0 Å². The molecule has 2 nitrogen and oxygen atoms in total. The molecule has 2 atom stereocenters. The van der Waals surface area contributed by atoms with Crippen molar-refractivity contribution in [2.45, 2.75) is 64.7 Å². The average molecular weight is 295 g/mol. The quantitative estimate of drug-likeness (QED) is 0.804. The van der Waals surface area contributed by atoms with Crippen molar-refractivity contribution < 1.29 is 31.1 Å². The molecule has 116 valence electrons. The number of alkyl halides is 6. The summed E-state index contributed by atoms with van der Waals surface area (Å²) in [5.74, 6) is 0. The van der Waals surface area contributed by atoms with Crippen LogP contribution in [0.4, 0.5) is 26.3 Å². The second-order valence-electron chi connectivity index (χ2n) is 5.46. The number of hydrogen-bond acceptors (Lipinski definition) is 2. The third-order valence-corrected chi connectivity index (χ3v) is 2.59. The minimum Gasteiger partial charge on any atom is -0.355 e. The van der Waals surface area contributed by atoms with Gasteiger partial charge in [-0.2, -0.15) is 26.3 Å². The van der Waals surface area contributed by atoms with E-state index in [1.54, 1.807) is 6.92 Å². The van der Waals surface area contributed by atoms with Crippen molar-refractivity contribution in [1.29, 1.82) is 0 Å². The molecule has 0 aromatic rings. The first-order chi connectivity index (χ1) is 8.21. The summed E-state index contributed by atoms with van der Waals surface area (Å²) in [5, 5.41) is 0. The van der Waals surface area contributed by atoms with Crippen molar-refractivity contribution in [3.8, 4) is 0 Å². The van der Waals surface area contributed by atoms with Crippen LogP contribution in [0.15, 0.2) is 0 Å². The highest BCUT2D eigenvalue weighted by molar-refractivity contribution is 4.87. The van der Waals surface area contributed by atoms with Gasteiger partial charge in [-0.05, 0) is 11.8 Å². The van der Waals surface area contributed by atoms with Crippen LogP contribution in [0, 0.1) is 5.41 Å². The molecule has 0 aliphatic rings. The summed E-state index contributed by atoms with van der Waals surface area (Å²) in [5.41, 5.74) is 4.64. The van der Waals surface area contributed by atoms with Gasteiger partial charge in [0.05, 0.1) is 6.10 Å². The number of hydrogen-bond donors (Lipinski definition) is 1. The van der Waals surface area contributed by atoms with Gasteiger partial charge in [-0.25, -0.2) is 0 Å². The molecule has 0 saturated heterocycles. The van der Waals surface area contributed by atoms with Gasteiger partial charge in [-0.1, -0.05) is 27.7 Å². The van der Waals surface area contributed by atoms with Gasteiger partial charge in [0.15, 0.2) is 0 Å². The molecule has 0 aromatic carbocycles. The predicted octanol–water partition coefficient (Wildman–Crippen LogP) is 3.65. The number of rotatable bonds is 4. The van der Waals surface area contributed by atoms with Crippen LogP contribution in [0.2, 0.25) is 0 Å². The van der Waals surface area contributed by atoms with Crippen LogP contribution in [0.1, 0.15) is 34.1 Å². The molecule has 2 N–H and O–H groups in total. The van der Waals surface area contributed by atoms with Crippen molar-refractivity contribution in [3.05, 3.63) is 0 Å². The van der Waals surface area contributed by atoms with Crippen LogP contribution in [-0.2, 0) is 4.74 Å². The molecular formula is C11H19F6NO. The first kappa shape index (κ1) is 18.5. The zero-order valence-corrected chi connectivity index (χ0v) is 11.2. The summed E-state index contributed by atoms with van der Waals surface area (Å²) in [6.07, 6.45) is -16.0. The lowest BCUT2D eigenvalue weighted by Gasteiger charge is -2.38. The van der Waals surface area contributed by atoms with Crippen LogP contribution >= 0.6 is 0 Å². The fraction of sp³-hybridized carbons (Fsp3) is 1.00. The van der Waals surface area contributed by atoms with Gasteiger partial charge in [0.2, 0.25) is 6.10 Å². The lowest BCUT2D eigenvalue weighted by Crippen LogP contribution is -2.53. The summed E-state index contributed by atoms with van der Waals surface area (Å²) in [6.45, 7) is 6.02. The van der Waals surface area contributed by atoms with Gasteiger partial charge in [0.1, 0.15) is 0 Å². The van der Waals surface area contributed by atoms with Crippen molar-refractivity contribution >= 4 is 0 Å². The third kappa shape index (κ3) is 5.56. The minimum absolute atomic E-state index is 0.213. The van der Waals surface area contributed by atoms with E-state index < -0.39 is 36.0 Å². The molecule has 0 bridgehead atoms. The molecule has 0 heterocycles. The Kier molecular flexibility index (Phi) is 5.71. The zero-order valence-electron chi connectivity index (χ0n) is 11.2. The van der Waals surface area contributed by atoms with Crippen molar-refractivity contribution in [2.24, 2.45) is 11.1 Å². The molecule has 0 amide bonds. The second kappa shape index (κ2) is 5.87. The highest BCUT2D eigenvalue weighted by atomic mass is 19.4. The molecule has 0 saturated carbocycles. The van der Waals surface area contributed by atoms with E-state index in [2.05, 4.69) is 4.74 Å². The number of halogens is 6. The largest absolute Gasteiger partial charge is 0.423 e. The van der Waals surface area contributed by atoms with Crippen molar-refractivity contribution in [2.75, 3.05) is 0 Å². The molecule has 0 aliphatic carbocycles. The number of ether oxygens (including phenoxy) is 1. The maximum atomic E-state index is 12.4. The van der Waals surface area contributed by atoms with E-state index in [1.165, 1.54) is 20.8 Å². The Morgan fingerprint density at radius 1 is 0.947 bits per heavy atom. The monoisotopic (exact) mass is 295 g/mol. The van der Waals surface area contributed by atoms with E-state index >= 15 is 0 Å². The third-order valence-electron chi connectivity index (χ3n) is 2.59. The summed E-state index contributed by atoms with van der Waals surface area (Å²) in [7, 11) is 0. The lowest BCUT2D eigenvalue weighted by atomic mass is 9.83. The highest BCUT2D eigenvalue weighted by Gasteiger charge is 2.59. The Hall–Kier alpha value is -0.500. The molecule has 8 heteroatoms. The van der Waals surface area contributed by atoms with Crippen LogP contribution < -0.4 is 5.73 Å². The first-order valence-corrected chi connectivity index (χ1v) is 5.75. The standard InChI is InChI=1S/C11H19F6NO/c1-5-6(18)7(9(2,3)4)19-8(10(12,13)14)11(15,16)17/h6-8H,5,18H2,1-4H3. The normalized spacial score (nSPS) is 17.7.